The summed E-state index contributed by atoms with van der Waals surface area (Å²) in [5.74, 6) is 0.659. The molecule has 0 fully saturated rings. The zero-order chi connectivity index (χ0) is 6.85. The third kappa shape index (κ3) is 1.82. The Balaban J connectivity index is 3.33. The van der Waals surface area contributed by atoms with Crippen molar-refractivity contribution in [3.8, 4) is 0 Å². The topological polar surface area (TPSA) is 30.2 Å². The first-order valence-electron chi connectivity index (χ1n) is 2.46. The van der Waals surface area contributed by atoms with E-state index in [1.54, 1.807) is 6.92 Å². The van der Waals surface area contributed by atoms with E-state index in [9.17, 15) is 4.79 Å². The Kier molecular flexibility index (Phi) is 1.90. The minimum Gasteiger partial charge on any atom is -0.428 e. The van der Waals surface area contributed by atoms with E-state index >= 15 is 0 Å². The monoisotopic (exact) mass is 236 g/mol. The molecule has 0 atom stereocenters. The molecule has 48 valence electrons. The van der Waals surface area contributed by atoms with E-state index in [4.69, 9.17) is 4.42 Å². The second-order valence-electron chi connectivity index (χ2n) is 1.71. The van der Waals surface area contributed by atoms with Crippen LogP contribution in [0.2, 0.25) is 0 Å². The van der Waals surface area contributed by atoms with Gasteiger partial charge in [0.1, 0.15) is 5.76 Å². The standard InChI is InChI=1S/C6H5IO2/c1-4-2-5(7)3-6(8)9-4/h2-3H,1H3. The number of halogens is 1. The van der Waals surface area contributed by atoms with Crippen molar-refractivity contribution in [2.24, 2.45) is 0 Å². The Morgan fingerprint density at radius 3 is 2.67 bits per heavy atom. The summed E-state index contributed by atoms with van der Waals surface area (Å²) in [5, 5.41) is 0. The molecule has 0 aliphatic carbocycles. The van der Waals surface area contributed by atoms with Gasteiger partial charge in [0.2, 0.25) is 0 Å². The molecule has 9 heavy (non-hydrogen) atoms. The lowest BCUT2D eigenvalue weighted by atomic mass is 10.4. The molecule has 1 aromatic rings. The predicted molar refractivity (Wildman–Crippen MR) is 42.4 cm³/mol. The van der Waals surface area contributed by atoms with Crippen molar-refractivity contribution in [2.45, 2.75) is 6.92 Å². The van der Waals surface area contributed by atoms with Crippen LogP contribution in [0, 0.1) is 10.5 Å². The molecule has 1 rings (SSSR count). The van der Waals surface area contributed by atoms with E-state index in [1.807, 2.05) is 6.07 Å². The SMILES string of the molecule is Cc1cc(I)cc(=O)o1. The van der Waals surface area contributed by atoms with Crippen LogP contribution in [0.1, 0.15) is 5.76 Å². The molecule has 0 saturated carbocycles. The van der Waals surface area contributed by atoms with Crippen LogP contribution in [-0.4, -0.2) is 0 Å². The zero-order valence-electron chi connectivity index (χ0n) is 4.85. The first kappa shape index (κ1) is 6.80. The fourth-order valence-corrected chi connectivity index (χ4v) is 1.26. The minimum absolute atomic E-state index is 0.278. The third-order valence-electron chi connectivity index (χ3n) is 0.858. The number of hydrogen-bond donors (Lipinski definition) is 0. The Hall–Kier alpha value is -0.320. The van der Waals surface area contributed by atoms with Crippen LogP contribution in [0.15, 0.2) is 21.3 Å². The molecular formula is C6H5IO2. The minimum atomic E-state index is -0.278. The fourth-order valence-electron chi connectivity index (χ4n) is 0.566. The maximum atomic E-state index is 10.5. The second-order valence-corrected chi connectivity index (χ2v) is 2.95. The molecule has 2 nitrogen and oxygen atoms in total. The summed E-state index contributed by atoms with van der Waals surface area (Å²) >= 11 is 2.07. The van der Waals surface area contributed by atoms with E-state index in [-0.39, 0.29) is 5.63 Å². The van der Waals surface area contributed by atoms with Crippen LogP contribution >= 0.6 is 22.6 Å². The van der Waals surface area contributed by atoms with Gasteiger partial charge in [0.25, 0.3) is 0 Å². The van der Waals surface area contributed by atoms with Crippen molar-refractivity contribution in [2.75, 3.05) is 0 Å². The second kappa shape index (κ2) is 2.51. The van der Waals surface area contributed by atoms with Gasteiger partial charge in [-0.15, -0.1) is 0 Å². The molecule has 0 radical (unpaired) electrons. The van der Waals surface area contributed by atoms with Crippen LogP contribution in [0.25, 0.3) is 0 Å². The summed E-state index contributed by atoms with van der Waals surface area (Å²) in [7, 11) is 0. The molecule has 1 heterocycles. The van der Waals surface area contributed by atoms with Gasteiger partial charge in [0.15, 0.2) is 0 Å². The normalized spacial score (nSPS) is 9.56. The van der Waals surface area contributed by atoms with Crippen LogP contribution in [-0.2, 0) is 0 Å². The highest BCUT2D eigenvalue weighted by atomic mass is 127. The smallest absolute Gasteiger partial charge is 0.336 e. The van der Waals surface area contributed by atoms with Crippen molar-refractivity contribution in [1.82, 2.24) is 0 Å². The highest BCUT2D eigenvalue weighted by Gasteiger charge is 1.91. The Labute approximate surface area is 66.0 Å². The molecule has 0 aliphatic rings. The highest BCUT2D eigenvalue weighted by Crippen LogP contribution is 2.01. The number of hydrogen-bond acceptors (Lipinski definition) is 2. The maximum absolute atomic E-state index is 10.5. The molecule has 0 aromatic carbocycles. The summed E-state index contributed by atoms with van der Waals surface area (Å²) in [6.07, 6.45) is 0. The van der Waals surface area contributed by atoms with Crippen molar-refractivity contribution in [1.29, 1.82) is 0 Å². The molecule has 0 amide bonds. The average Bonchev–Trinajstić information content (AvgIpc) is 1.59. The first-order valence-corrected chi connectivity index (χ1v) is 3.53. The molecule has 3 heteroatoms. The summed E-state index contributed by atoms with van der Waals surface area (Å²) < 4.78 is 5.62. The molecule has 0 N–H and O–H groups in total. The van der Waals surface area contributed by atoms with Gasteiger partial charge in [-0.3, -0.25) is 0 Å². The van der Waals surface area contributed by atoms with Crippen LogP contribution < -0.4 is 5.63 Å². The summed E-state index contributed by atoms with van der Waals surface area (Å²) in [4.78, 5) is 10.5. The van der Waals surface area contributed by atoms with Crippen LogP contribution in [0.3, 0.4) is 0 Å². The first-order chi connectivity index (χ1) is 4.18. The average molecular weight is 236 g/mol. The molecular weight excluding hydrogens is 231 g/mol. The number of aryl methyl sites for hydroxylation is 1. The zero-order valence-corrected chi connectivity index (χ0v) is 7.01. The van der Waals surface area contributed by atoms with Gasteiger partial charge < -0.3 is 4.42 Å². The fraction of sp³-hybridized carbons (Fsp3) is 0.167. The Morgan fingerprint density at radius 2 is 2.22 bits per heavy atom. The van der Waals surface area contributed by atoms with E-state index in [1.165, 1.54) is 6.07 Å². The van der Waals surface area contributed by atoms with Crippen molar-refractivity contribution >= 4 is 22.6 Å². The number of rotatable bonds is 0. The van der Waals surface area contributed by atoms with Crippen LogP contribution in [0.5, 0.6) is 0 Å². The van der Waals surface area contributed by atoms with Crippen molar-refractivity contribution < 1.29 is 4.42 Å². The largest absolute Gasteiger partial charge is 0.428 e. The van der Waals surface area contributed by atoms with E-state index in [0.717, 1.165) is 3.57 Å². The molecule has 1 aromatic heterocycles. The van der Waals surface area contributed by atoms with Gasteiger partial charge in [0, 0.05) is 9.64 Å². The quantitative estimate of drug-likeness (QED) is 0.639. The van der Waals surface area contributed by atoms with Gasteiger partial charge in [-0.1, -0.05) is 0 Å². The van der Waals surface area contributed by atoms with E-state index < -0.39 is 0 Å². The predicted octanol–water partition coefficient (Wildman–Crippen LogP) is 1.55. The molecule has 0 bridgehead atoms. The van der Waals surface area contributed by atoms with Gasteiger partial charge in [-0.25, -0.2) is 4.79 Å². The van der Waals surface area contributed by atoms with Gasteiger partial charge in [-0.05, 0) is 35.6 Å². The maximum Gasteiger partial charge on any atom is 0.336 e. The lowest BCUT2D eigenvalue weighted by molar-refractivity contribution is 0.479. The van der Waals surface area contributed by atoms with Crippen molar-refractivity contribution in [3.05, 3.63) is 31.9 Å². The van der Waals surface area contributed by atoms with Gasteiger partial charge >= 0.3 is 5.63 Å². The lowest BCUT2D eigenvalue weighted by Crippen LogP contribution is -1.97. The van der Waals surface area contributed by atoms with Gasteiger partial charge in [-0.2, -0.15) is 0 Å². The molecule has 0 unspecified atom stereocenters. The molecule has 0 aliphatic heterocycles. The molecule has 0 saturated heterocycles. The van der Waals surface area contributed by atoms with Crippen molar-refractivity contribution in [3.63, 3.8) is 0 Å². The summed E-state index contributed by atoms with van der Waals surface area (Å²) in [5.41, 5.74) is -0.278. The molecule has 0 spiro atoms. The van der Waals surface area contributed by atoms with Gasteiger partial charge in [0.05, 0.1) is 0 Å². The van der Waals surface area contributed by atoms with Crippen LogP contribution in [0.4, 0.5) is 0 Å². The van der Waals surface area contributed by atoms with E-state index in [2.05, 4.69) is 22.6 Å². The lowest BCUT2D eigenvalue weighted by Gasteiger charge is -1.88. The third-order valence-corrected chi connectivity index (χ3v) is 1.48. The highest BCUT2D eigenvalue weighted by molar-refractivity contribution is 14.1. The summed E-state index contributed by atoms with van der Waals surface area (Å²) in [6.45, 7) is 1.75. The summed E-state index contributed by atoms with van der Waals surface area (Å²) in [6, 6.07) is 3.26. The Bertz CT molecular complexity index is 241. The van der Waals surface area contributed by atoms with E-state index in [0.29, 0.717) is 5.76 Å². The Morgan fingerprint density at radius 1 is 1.56 bits per heavy atom.